The van der Waals surface area contributed by atoms with Crippen LogP contribution in [0.4, 0.5) is 31.5 Å². The third kappa shape index (κ3) is 7.65. The molecule has 340 valence electrons. The normalized spacial score (nSPS) is 18.1. The maximum atomic E-state index is 18.5. The molecule has 0 aliphatic heterocycles. The monoisotopic (exact) mass is 910 g/mol. The van der Waals surface area contributed by atoms with E-state index in [1.807, 2.05) is 84.9 Å². The molecule has 9 aromatic carbocycles. The summed E-state index contributed by atoms with van der Waals surface area (Å²) in [6.07, 6.45) is 18.4. The molecule has 2 atom stereocenters. The molecule has 2 unspecified atom stereocenters. The van der Waals surface area contributed by atoms with Crippen LogP contribution in [0.1, 0.15) is 56.2 Å². The Hall–Kier alpha value is -8.08. The van der Waals surface area contributed by atoms with Crippen molar-refractivity contribution in [3.8, 4) is 11.1 Å². The van der Waals surface area contributed by atoms with Gasteiger partial charge in [0.25, 0.3) is 0 Å². The van der Waals surface area contributed by atoms with Crippen molar-refractivity contribution in [3.05, 3.63) is 258 Å². The fourth-order valence-corrected chi connectivity index (χ4v) is 11.2. The SMILES string of the molecule is CC1C=C(N(c2c(F)cc(-c3ccccc3)cc2C2=CCCC=C2)c2ccc3ccc4c(N(C5=C(c6ccccc6)C=C(c6ccccc6)CC5(C)F)c5ccccc5)ccc5ccc2c3c54)C=CC1. The van der Waals surface area contributed by atoms with Gasteiger partial charge < -0.3 is 9.80 Å². The molecule has 0 fully saturated rings. The van der Waals surface area contributed by atoms with Crippen LogP contribution in [0, 0.1) is 11.7 Å². The molecule has 0 amide bonds. The molecule has 9 aromatic rings. The molecule has 0 aromatic heterocycles. The molecule has 0 radical (unpaired) electrons. The number of alkyl halides is 1. The van der Waals surface area contributed by atoms with Gasteiger partial charge in [0.1, 0.15) is 5.82 Å². The van der Waals surface area contributed by atoms with Crippen LogP contribution in [0.25, 0.3) is 60.2 Å². The van der Waals surface area contributed by atoms with Crippen molar-refractivity contribution in [1.82, 2.24) is 0 Å². The highest BCUT2D eigenvalue weighted by Crippen LogP contribution is 2.52. The van der Waals surface area contributed by atoms with E-state index in [0.717, 1.165) is 119 Å². The predicted molar refractivity (Wildman–Crippen MR) is 292 cm³/mol. The minimum absolute atomic E-state index is 0.206. The van der Waals surface area contributed by atoms with Crippen LogP contribution < -0.4 is 9.80 Å². The van der Waals surface area contributed by atoms with Crippen LogP contribution in [0.2, 0.25) is 0 Å². The summed E-state index contributed by atoms with van der Waals surface area (Å²) in [4.78, 5) is 4.34. The molecule has 2 nitrogen and oxygen atoms in total. The highest BCUT2D eigenvalue weighted by molar-refractivity contribution is 6.28. The predicted octanol–water partition coefficient (Wildman–Crippen LogP) is 18.5. The van der Waals surface area contributed by atoms with Crippen molar-refractivity contribution in [1.29, 1.82) is 0 Å². The molecule has 70 heavy (non-hydrogen) atoms. The summed E-state index contributed by atoms with van der Waals surface area (Å²) in [5.41, 5.74) is 10.3. The van der Waals surface area contributed by atoms with Crippen molar-refractivity contribution in [3.63, 3.8) is 0 Å². The smallest absolute Gasteiger partial charge is 0.152 e. The first kappa shape index (κ1) is 43.2. The Morgan fingerprint density at radius 1 is 0.571 bits per heavy atom. The first-order valence-electron chi connectivity index (χ1n) is 24.6. The average molecular weight is 911 g/mol. The third-order valence-electron chi connectivity index (χ3n) is 14.4. The van der Waals surface area contributed by atoms with Gasteiger partial charge in [-0.15, -0.1) is 0 Å². The second-order valence-electron chi connectivity index (χ2n) is 19.2. The molecule has 0 saturated carbocycles. The number of nitrogens with zero attached hydrogens (tertiary/aromatic N) is 2. The maximum absolute atomic E-state index is 18.5. The summed E-state index contributed by atoms with van der Waals surface area (Å²) in [5.74, 6) is -0.0312. The number of anilines is 4. The highest BCUT2D eigenvalue weighted by atomic mass is 19.1. The lowest BCUT2D eigenvalue weighted by Gasteiger charge is -2.40. The van der Waals surface area contributed by atoms with E-state index in [2.05, 4.69) is 150 Å². The van der Waals surface area contributed by atoms with E-state index in [4.69, 9.17) is 0 Å². The Labute approximate surface area is 409 Å². The molecular formula is C66H52F2N2. The lowest BCUT2D eigenvalue weighted by atomic mass is 9.80. The summed E-state index contributed by atoms with van der Waals surface area (Å²) in [5, 5.41) is 6.31. The first-order chi connectivity index (χ1) is 34.3. The van der Waals surface area contributed by atoms with Crippen LogP contribution in [-0.2, 0) is 0 Å². The standard InChI is InChI=1S/C66H52F2N2/c1-44-19-18-30-54(39-44)69(64-57(47-24-12-5-13-25-47)40-51(42-59(64)67)45-20-8-3-9-21-45)60-37-33-49-32-36-56-61(38-34-50-31-35-55(60)62(49)63(50)56)70(53-28-16-7-17-29-53)65-58(48-26-14-6-15-27-48)41-52(43-66(65,2)68)46-22-10-4-11-23-46/h3-4,6-12,14-18,20-42,44H,5,13,19,43H2,1-2H3. The molecule has 0 saturated heterocycles. The van der Waals surface area contributed by atoms with Gasteiger partial charge in [-0.05, 0) is 136 Å². The number of allylic oxidation sites excluding steroid dienone is 11. The van der Waals surface area contributed by atoms with Gasteiger partial charge in [0, 0.05) is 39.7 Å². The van der Waals surface area contributed by atoms with Gasteiger partial charge in [0.2, 0.25) is 0 Å². The average Bonchev–Trinajstić information content (AvgIpc) is 3.40. The molecule has 4 heteroatoms. The molecule has 0 spiro atoms. The topological polar surface area (TPSA) is 6.48 Å². The van der Waals surface area contributed by atoms with Crippen LogP contribution in [0.5, 0.6) is 0 Å². The lowest BCUT2D eigenvalue weighted by molar-refractivity contribution is 0.243. The quantitative estimate of drug-likeness (QED) is 0.126. The second kappa shape index (κ2) is 17.8. The number of hydrogen-bond donors (Lipinski definition) is 0. The number of benzene rings is 9. The van der Waals surface area contributed by atoms with E-state index in [1.54, 1.807) is 13.0 Å². The zero-order valence-corrected chi connectivity index (χ0v) is 39.4. The molecule has 0 bridgehead atoms. The summed E-state index contributed by atoms with van der Waals surface area (Å²) < 4.78 is 36.2. The van der Waals surface area contributed by atoms with E-state index >= 15 is 8.78 Å². The Morgan fingerprint density at radius 3 is 1.77 bits per heavy atom. The minimum atomic E-state index is -1.78. The molecular weight excluding hydrogens is 859 g/mol. The number of para-hydroxylation sites is 1. The van der Waals surface area contributed by atoms with E-state index in [0.29, 0.717) is 11.4 Å². The Kier molecular flexibility index (Phi) is 11.0. The molecule has 3 aliphatic carbocycles. The third-order valence-corrected chi connectivity index (χ3v) is 14.4. The highest BCUT2D eigenvalue weighted by Gasteiger charge is 2.41. The van der Waals surface area contributed by atoms with Crippen molar-refractivity contribution in [2.45, 2.75) is 45.2 Å². The maximum Gasteiger partial charge on any atom is 0.152 e. The largest absolute Gasteiger partial charge is 0.310 e. The van der Waals surface area contributed by atoms with Gasteiger partial charge >= 0.3 is 0 Å². The Balaban J connectivity index is 1.12. The van der Waals surface area contributed by atoms with Gasteiger partial charge in [0.15, 0.2) is 5.67 Å². The zero-order chi connectivity index (χ0) is 47.3. The van der Waals surface area contributed by atoms with Crippen LogP contribution >= 0.6 is 0 Å². The molecule has 3 aliphatic rings. The van der Waals surface area contributed by atoms with E-state index in [-0.39, 0.29) is 18.2 Å². The van der Waals surface area contributed by atoms with Crippen molar-refractivity contribution >= 4 is 71.8 Å². The van der Waals surface area contributed by atoms with E-state index in [1.165, 1.54) is 0 Å². The molecule has 12 rings (SSSR count). The second-order valence-corrected chi connectivity index (χ2v) is 19.2. The van der Waals surface area contributed by atoms with Gasteiger partial charge in [-0.25, -0.2) is 8.78 Å². The summed E-state index contributed by atoms with van der Waals surface area (Å²) in [6.45, 7) is 3.96. The first-order valence-corrected chi connectivity index (χ1v) is 24.6. The zero-order valence-electron chi connectivity index (χ0n) is 39.4. The lowest BCUT2D eigenvalue weighted by Crippen LogP contribution is -2.36. The summed E-state index contributed by atoms with van der Waals surface area (Å²) in [7, 11) is 0. The van der Waals surface area contributed by atoms with Gasteiger partial charge in [-0.3, -0.25) is 0 Å². The van der Waals surface area contributed by atoms with Crippen molar-refractivity contribution in [2.24, 2.45) is 5.92 Å². The van der Waals surface area contributed by atoms with Gasteiger partial charge in [0.05, 0.1) is 22.8 Å². The molecule has 0 N–H and O–H groups in total. The number of hydrogen-bond acceptors (Lipinski definition) is 2. The minimum Gasteiger partial charge on any atom is -0.310 e. The summed E-state index contributed by atoms with van der Waals surface area (Å²) >= 11 is 0. The Bertz CT molecular complexity index is 3640. The van der Waals surface area contributed by atoms with Crippen LogP contribution in [0.15, 0.2) is 236 Å². The molecule has 0 heterocycles. The summed E-state index contributed by atoms with van der Waals surface area (Å²) in [6, 6.07) is 62.1. The number of rotatable bonds is 10. The fraction of sp³-hybridized carbons (Fsp3) is 0.121. The Morgan fingerprint density at radius 2 is 1.16 bits per heavy atom. The van der Waals surface area contributed by atoms with E-state index in [9.17, 15) is 0 Å². The van der Waals surface area contributed by atoms with Crippen molar-refractivity contribution < 1.29 is 8.78 Å². The van der Waals surface area contributed by atoms with Crippen LogP contribution in [0.3, 0.4) is 0 Å². The van der Waals surface area contributed by atoms with Gasteiger partial charge in [-0.1, -0.05) is 183 Å². The van der Waals surface area contributed by atoms with Crippen molar-refractivity contribution in [2.75, 3.05) is 9.80 Å². The van der Waals surface area contributed by atoms with Crippen LogP contribution in [-0.4, -0.2) is 5.67 Å². The van der Waals surface area contributed by atoms with E-state index < -0.39 is 5.67 Å². The van der Waals surface area contributed by atoms with Gasteiger partial charge in [-0.2, -0.15) is 0 Å². The number of halogens is 2. The fourth-order valence-electron chi connectivity index (χ4n) is 11.2.